The normalized spacial score (nSPS) is 10.0. The van der Waals surface area contributed by atoms with Crippen molar-refractivity contribution in [1.29, 1.82) is 0 Å². The van der Waals surface area contributed by atoms with Crippen LogP contribution in [-0.4, -0.2) is 49.5 Å². The van der Waals surface area contributed by atoms with Gasteiger partial charge in [-0.3, -0.25) is 4.79 Å². The number of nitrogens with zero attached hydrogens (tertiary/aromatic N) is 3. The molecular weight excluding hydrogens is 254 g/mol. The van der Waals surface area contributed by atoms with Gasteiger partial charge in [-0.05, 0) is 6.92 Å². The molecule has 0 amide bonds. The van der Waals surface area contributed by atoms with Crippen molar-refractivity contribution in [3.8, 4) is 5.75 Å². The average Bonchev–Trinajstić information content (AvgIpc) is 2.36. The lowest BCUT2D eigenvalue weighted by atomic mass is 10.6. The van der Waals surface area contributed by atoms with E-state index in [-0.39, 0.29) is 11.7 Å². The van der Waals surface area contributed by atoms with E-state index in [0.717, 1.165) is 0 Å². The first-order valence-corrected chi connectivity index (χ1v) is 6.43. The number of esters is 1. The first-order chi connectivity index (χ1) is 8.58. The fraction of sp³-hybridized carbons (Fsp3) is 0.545. The van der Waals surface area contributed by atoms with E-state index in [2.05, 4.69) is 9.97 Å². The lowest BCUT2D eigenvalue weighted by molar-refractivity contribution is -0.139. The van der Waals surface area contributed by atoms with Crippen LogP contribution in [0.15, 0.2) is 11.2 Å². The van der Waals surface area contributed by atoms with Crippen LogP contribution in [0, 0.1) is 0 Å². The van der Waals surface area contributed by atoms with Crippen molar-refractivity contribution in [2.45, 2.75) is 11.9 Å². The Balaban J connectivity index is 2.78. The summed E-state index contributed by atoms with van der Waals surface area (Å²) >= 11 is 1.27. The second-order valence-electron chi connectivity index (χ2n) is 3.53. The number of aromatic nitrogens is 2. The van der Waals surface area contributed by atoms with Crippen molar-refractivity contribution in [1.82, 2.24) is 9.97 Å². The van der Waals surface area contributed by atoms with Crippen molar-refractivity contribution < 1.29 is 14.3 Å². The second kappa shape index (κ2) is 7.05. The highest BCUT2D eigenvalue weighted by atomic mass is 32.2. The van der Waals surface area contributed by atoms with Crippen LogP contribution in [0.25, 0.3) is 0 Å². The van der Waals surface area contributed by atoms with Crippen molar-refractivity contribution >= 4 is 23.7 Å². The fourth-order valence-electron chi connectivity index (χ4n) is 1.14. The Bertz CT molecular complexity index is 413. The van der Waals surface area contributed by atoms with Gasteiger partial charge in [0.05, 0.1) is 25.7 Å². The third-order valence-corrected chi connectivity index (χ3v) is 2.91. The average molecular weight is 271 g/mol. The van der Waals surface area contributed by atoms with Gasteiger partial charge in [0.2, 0.25) is 5.95 Å². The van der Waals surface area contributed by atoms with Crippen LogP contribution in [0.4, 0.5) is 5.95 Å². The minimum atomic E-state index is -0.269. The van der Waals surface area contributed by atoms with Gasteiger partial charge in [-0.15, -0.1) is 0 Å². The molecule has 18 heavy (non-hydrogen) atoms. The Morgan fingerprint density at radius 1 is 1.50 bits per heavy atom. The first-order valence-electron chi connectivity index (χ1n) is 5.45. The monoisotopic (exact) mass is 271 g/mol. The minimum Gasteiger partial charge on any atom is -0.492 e. The van der Waals surface area contributed by atoms with E-state index in [1.165, 1.54) is 11.8 Å². The van der Waals surface area contributed by atoms with Gasteiger partial charge in [-0.25, -0.2) is 9.97 Å². The lowest BCUT2D eigenvalue weighted by Crippen LogP contribution is -2.13. The molecule has 0 bridgehead atoms. The number of thioether (sulfide) groups is 1. The van der Waals surface area contributed by atoms with E-state index >= 15 is 0 Å². The molecule has 0 spiro atoms. The third-order valence-electron chi connectivity index (χ3n) is 1.96. The molecule has 0 atom stereocenters. The number of hydrogen-bond acceptors (Lipinski definition) is 7. The molecule has 6 nitrogen and oxygen atoms in total. The standard InChI is InChI=1S/C11H17N3O3S/c1-5-17-9(15)7-18-10-8(16-4)6-12-11(13-10)14(2)3/h6H,5,7H2,1-4H3. The summed E-state index contributed by atoms with van der Waals surface area (Å²) in [5, 5.41) is 0.629. The summed E-state index contributed by atoms with van der Waals surface area (Å²) in [6.07, 6.45) is 1.59. The topological polar surface area (TPSA) is 64.5 Å². The molecule has 0 unspecified atom stereocenters. The zero-order valence-electron chi connectivity index (χ0n) is 11.0. The SMILES string of the molecule is CCOC(=O)CSc1nc(N(C)C)ncc1OC. The molecule has 0 saturated carbocycles. The Kier molecular flexibility index (Phi) is 5.70. The minimum absolute atomic E-state index is 0.202. The number of carbonyl (C=O) groups is 1. The molecule has 0 aliphatic heterocycles. The van der Waals surface area contributed by atoms with Crippen molar-refractivity contribution in [2.75, 3.05) is 38.5 Å². The van der Waals surface area contributed by atoms with Crippen LogP contribution in [0.2, 0.25) is 0 Å². The maximum Gasteiger partial charge on any atom is 0.316 e. The molecule has 0 N–H and O–H groups in total. The molecule has 1 aromatic heterocycles. The summed E-state index contributed by atoms with van der Waals surface area (Å²) in [4.78, 5) is 21.5. The summed E-state index contributed by atoms with van der Waals surface area (Å²) in [6.45, 7) is 2.15. The Hall–Kier alpha value is -1.50. The molecule has 1 heterocycles. The lowest BCUT2D eigenvalue weighted by Gasteiger charge is -2.12. The fourth-order valence-corrected chi connectivity index (χ4v) is 1.90. The van der Waals surface area contributed by atoms with Crippen LogP contribution in [0.5, 0.6) is 5.75 Å². The van der Waals surface area contributed by atoms with E-state index in [9.17, 15) is 4.79 Å². The van der Waals surface area contributed by atoms with E-state index in [1.807, 2.05) is 14.1 Å². The predicted molar refractivity (Wildman–Crippen MR) is 70.3 cm³/mol. The van der Waals surface area contributed by atoms with Gasteiger partial charge in [0, 0.05) is 14.1 Å². The summed E-state index contributed by atoms with van der Waals surface area (Å²) in [5.74, 6) is 1.06. The largest absolute Gasteiger partial charge is 0.492 e. The van der Waals surface area contributed by atoms with Gasteiger partial charge in [0.25, 0.3) is 0 Å². The molecular formula is C11H17N3O3S. The maximum atomic E-state index is 11.3. The Morgan fingerprint density at radius 2 is 2.22 bits per heavy atom. The van der Waals surface area contributed by atoms with Gasteiger partial charge < -0.3 is 14.4 Å². The first kappa shape index (κ1) is 14.6. The smallest absolute Gasteiger partial charge is 0.316 e. The molecule has 0 aromatic carbocycles. The van der Waals surface area contributed by atoms with Crippen LogP contribution in [-0.2, 0) is 9.53 Å². The maximum absolute atomic E-state index is 11.3. The van der Waals surface area contributed by atoms with Crippen molar-refractivity contribution in [3.05, 3.63) is 6.20 Å². The van der Waals surface area contributed by atoms with Gasteiger partial charge in [-0.1, -0.05) is 11.8 Å². The summed E-state index contributed by atoms with van der Waals surface area (Å²) in [5.41, 5.74) is 0. The summed E-state index contributed by atoms with van der Waals surface area (Å²) < 4.78 is 10.0. The quantitative estimate of drug-likeness (QED) is 0.437. The molecule has 0 saturated heterocycles. The highest BCUT2D eigenvalue weighted by molar-refractivity contribution is 8.00. The molecule has 1 rings (SSSR count). The van der Waals surface area contributed by atoms with E-state index in [4.69, 9.17) is 9.47 Å². The number of rotatable bonds is 6. The molecule has 1 aromatic rings. The molecule has 0 aliphatic rings. The number of methoxy groups -OCH3 is 1. The number of anilines is 1. The van der Waals surface area contributed by atoms with Crippen LogP contribution in [0.1, 0.15) is 6.92 Å². The van der Waals surface area contributed by atoms with Crippen molar-refractivity contribution in [2.24, 2.45) is 0 Å². The van der Waals surface area contributed by atoms with E-state index in [1.54, 1.807) is 25.1 Å². The van der Waals surface area contributed by atoms with Gasteiger partial charge in [-0.2, -0.15) is 0 Å². The summed E-state index contributed by atoms with van der Waals surface area (Å²) in [6, 6.07) is 0. The zero-order valence-corrected chi connectivity index (χ0v) is 11.8. The number of hydrogen-bond donors (Lipinski definition) is 0. The zero-order chi connectivity index (χ0) is 13.5. The second-order valence-corrected chi connectivity index (χ2v) is 4.50. The molecule has 0 radical (unpaired) electrons. The highest BCUT2D eigenvalue weighted by Gasteiger charge is 2.12. The highest BCUT2D eigenvalue weighted by Crippen LogP contribution is 2.27. The van der Waals surface area contributed by atoms with E-state index < -0.39 is 0 Å². The van der Waals surface area contributed by atoms with Gasteiger partial charge in [0.1, 0.15) is 5.03 Å². The Morgan fingerprint density at radius 3 is 2.78 bits per heavy atom. The summed E-state index contributed by atoms with van der Waals surface area (Å²) in [7, 11) is 5.24. The van der Waals surface area contributed by atoms with Gasteiger partial charge >= 0.3 is 5.97 Å². The Labute approximate surface area is 111 Å². The molecule has 0 aliphatic carbocycles. The van der Waals surface area contributed by atoms with Crippen molar-refractivity contribution in [3.63, 3.8) is 0 Å². The predicted octanol–water partition coefficient (Wildman–Crippen LogP) is 1.21. The number of ether oxygens (including phenoxy) is 2. The molecule has 0 fully saturated rings. The van der Waals surface area contributed by atoms with Gasteiger partial charge in [0.15, 0.2) is 5.75 Å². The number of carbonyl (C=O) groups excluding carboxylic acids is 1. The molecule has 100 valence electrons. The van der Waals surface area contributed by atoms with Crippen LogP contribution < -0.4 is 9.64 Å². The van der Waals surface area contributed by atoms with Crippen LogP contribution >= 0.6 is 11.8 Å². The van der Waals surface area contributed by atoms with Crippen LogP contribution in [0.3, 0.4) is 0 Å². The van der Waals surface area contributed by atoms with E-state index in [0.29, 0.717) is 23.3 Å². The third kappa shape index (κ3) is 4.06. The molecule has 7 heteroatoms.